The highest BCUT2D eigenvalue weighted by atomic mass is 32.2. The summed E-state index contributed by atoms with van der Waals surface area (Å²) in [4.78, 5) is 12.6. The van der Waals surface area contributed by atoms with Gasteiger partial charge in [0.15, 0.2) is 0 Å². The second-order valence-electron chi connectivity index (χ2n) is 7.22. The molecule has 1 N–H and O–H groups in total. The number of amides is 1. The van der Waals surface area contributed by atoms with Crippen LogP contribution in [0.4, 0.5) is 5.69 Å². The van der Waals surface area contributed by atoms with Gasteiger partial charge in [-0.15, -0.1) is 0 Å². The molecule has 1 amide bonds. The lowest BCUT2D eigenvalue weighted by atomic mass is 10.1. The van der Waals surface area contributed by atoms with Crippen LogP contribution in [0.25, 0.3) is 10.8 Å². The van der Waals surface area contributed by atoms with Crippen LogP contribution in [0.2, 0.25) is 0 Å². The Morgan fingerprint density at radius 1 is 1.03 bits per heavy atom. The topological polar surface area (TPSA) is 75.7 Å². The van der Waals surface area contributed by atoms with Gasteiger partial charge < -0.3 is 10.1 Å². The Morgan fingerprint density at radius 3 is 2.37 bits per heavy atom. The van der Waals surface area contributed by atoms with E-state index in [9.17, 15) is 13.2 Å². The zero-order valence-corrected chi connectivity index (χ0v) is 18.1. The molecule has 7 heteroatoms. The largest absolute Gasteiger partial charge is 0.492 e. The zero-order chi connectivity index (χ0) is 21.7. The summed E-state index contributed by atoms with van der Waals surface area (Å²) in [6, 6.07) is 19.9. The van der Waals surface area contributed by atoms with Crippen molar-refractivity contribution in [3.05, 3.63) is 72.3 Å². The fraction of sp³-hybridized carbons (Fsp3) is 0.261. The van der Waals surface area contributed by atoms with Gasteiger partial charge in [0.05, 0.1) is 18.5 Å². The van der Waals surface area contributed by atoms with Crippen LogP contribution in [-0.4, -0.2) is 39.8 Å². The van der Waals surface area contributed by atoms with E-state index in [0.717, 1.165) is 26.9 Å². The predicted octanol–water partition coefficient (Wildman–Crippen LogP) is 3.50. The van der Waals surface area contributed by atoms with Crippen molar-refractivity contribution < 1.29 is 17.9 Å². The lowest BCUT2D eigenvalue weighted by Crippen LogP contribution is -2.48. The maximum absolute atomic E-state index is 12.6. The summed E-state index contributed by atoms with van der Waals surface area (Å²) in [7, 11) is -3.63. The quantitative estimate of drug-likeness (QED) is 0.560. The van der Waals surface area contributed by atoms with Crippen LogP contribution in [0.15, 0.2) is 66.7 Å². The van der Waals surface area contributed by atoms with Gasteiger partial charge in [-0.3, -0.25) is 9.10 Å². The average molecular weight is 427 g/mol. The second kappa shape index (κ2) is 9.17. The minimum atomic E-state index is -3.63. The lowest BCUT2D eigenvalue weighted by molar-refractivity contribution is -0.121. The van der Waals surface area contributed by atoms with Crippen molar-refractivity contribution in [3.63, 3.8) is 0 Å². The summed E-state index contributed by atoms with van der Waals surface area (Å²) >= 11 is 0. The molecule has 6 nitrogen and oxygen atoms in total. The average Bonchev–Trinajstić information content (AvgIpc) is 2.71. The first-order valence-corrected chi connectivity index (χ1v) is 11.6. The Balaban J connectivity index is 1.58. The highest BCUT2D eigenvalue weighted by molar-refractivity contribution is 7.92. The van der Waals surface area contributed by atoms with Crippen LogP contribution in [0.1, 0.15) is 12.5 Å². The number of rotatable bonds is 8. The number of ether oxygens (including phenoxy) is 1. The Morgan fingerprint density at radius 2 is 1.70 bits per heavy atom. The molecule has 0 bridgehead atoms. The number of sulfonamides is 1. The van der Waals surface area contributed by atoms with Gasteiger partial charge in [0, 0.05) is 0 Å². The maximum Gasteiger partial charge on any atom is 0.243 e. The Kier molecular flexibility index (Phi) is 6.62. The molecule has 3 rings (SSSR count). The van der Waals surface area contributed by atoms with Crippen LogP contribution in [0.5, 0.6) is 5.75 Å². The fourth-order valence-electron chi connectivity index (χ4n) is 3.25. The van der Waals surface area contributed by atoms with Crippen LogP contribution >= 0.6 is 0 Å². The number of carbonyl (C=O) groups is 1. The molecule has 0 aliphatic rings. The molecule has 1 atom stereocenters. The third-order valence-electron chi connectivity index (χ3n) is 4.77. The third kappa shape index (κ3) is 5.30. The molecule has 0 saturated heterocycles. The molecule has 30 heavy (non-hydrogen) atoms. The molecule has 0 saturated carbocycles. The summed E-state index contributed by atoms with van der Waals surface area (Å²) in [6.07, 6.45) is 1.10. The zero-order valence-electron chi connectivity index (χ0n) is 17.3. The monoisotopic (exact) mass is 426 g/mol. The number of hydrogen-bond donors (Lipinski definition) is 1. The van der Waals surface area contributed by atoms with Gasteiger partial charge in [0.1, 0.15) is 18.4 Å². The Bertz CT molecular complexity index is 1130. The van der Waals surface area contributed by atoms with Crippen molar-refractivity contribution in [1.82, 2.24) is 5.32 Å². The lowest BCUT2D eigenvalue weighted by Gasteiger charge is -2.28. The van der Waals surface area contributed by atoms with Crippen molar-refractivity contribution in [3.8, 4) is 5.75 Å². The number of fused-ring (bicyclic) bond motifs is 1. The predicted molar refractivity (Wildman–Crippen MR) is 120 cm³/mol. The number of anilines is 1. The molecular weight excluding hydrogens is 400 g/mol. The van der Waals surface area contributed by atoms with E-state index in [1.54, 1.807) is 19.1 Å². The molecule has 0 spiro atoms. The van der Waals surface area contributed by atoms with Gasteiger partial charge in [-0.1, -0.05) is 48.0 Å². The molecule has 158 valence electrons. The van der Waals surface area contributed by atoms with E-state index in [1.165, 1.54) is 0 Å². The summed E-state index contributed by atoms with van der Waals surface area (Å²) < 4.78 is 31.5. The normalized spacial score (nSPS) is 12.4. The van der Waals surface area contributed by atoms with Gasteiger partial charge in [-0.25, -0.2) is 8.42 Å². The molecule has 0 aliphatic heterocycles. The van der Waals surface area contributed by atoms with Crippen molar-refractivity contribution >= 4 is 32.4 Å². The number of hydrogen-bond acceptors (Lipinski definition) is 4. The van der Waals surface area contributed by atoms with Gasteiger partial charge in [-0.05, 0) is 48.9 Å². The molecule has 0 heterocycles. The van der Waals surface area contributed by atoms with E-state index in [0.29, 0.717) is 11.4 Å². The fourth-order valence-corrected chi connectivity index (χ4v) is 4.42. The minimum Gasteiger partial charge on any atom is -0.492 e. The molecule has 0 radical (unpaired) electrons. The highest BCUT2D eigenvalue weighted by Gasteiger charge is 2.28. The third-order valence-corrected chi connectivity index (χ3v) is 6.01. The smallest absolute Gasteiger partial charge is 0.243 e. The van der Waals surface area contributed by atoms with E-state index >= 15 is 0 Å². The number of aryl methyl sites for hydroxylation is 1. The van der Waals surface area contributed by atoms with Gasteiger partial charge in [0.2, 0.25) is 15.9 Å². The maximum atomic E-state index is 12.6. The highest BCUT2D eigenvalue weighted by Crippen LogP contribution is 2.22. The molecular formula is C23H26N2O4S. The first-order chi connectivity index (χ1) is 14.3. The van der Waals surface area contributed by atoms with E-state index in [4.69, 9.17) is 4.74 Å². The molecule has 3 aromatic carbocycles. The molecule has 0 aromatic heterocycles. The van der Waals surface area contributed by atoms with Gasteiger partial charge >= 0.3 is 0 Å². The van der Waals surface area contributed by atoms with Gasteiger partial charge in [0.25, 0.3) is 0 Å². The van der Waals surface area contributed by atoms with Gasteiger partial charge in [-0.2, -0.15) is 0 Å². The summed E-state index contributed by atoms with van der Waals surface area (Å²) in [5.74, 6) is 0.330. The molecule has 3 aromatic rings. The van der Waals surface area contributed by atoms with Crippen molar-refractivity contribution in [2.75, 3.05) is 23.7 Å². The van der Waals surface area contributed by atoms with E-state index in [-0.39, 0.29) is 19.1 Å². The molecule has 0 fully saturated rings. The standard InChI is InChI=1S/C23H26N2O4S/c1-17-8-11-21(12-9-17)25(30(3,27)28)18(2)23(26)24-14-15-29-22-13-10-19-6-4-5-7-20(19)16-22/h4-13,16,18H,14-15H2,1-3H3,(H,24,26)/t18-/m1/s1. The van der Waals surface area contributed by atoms with Crippen LogP contribution in [0, 0.1) is 6.92 Å². The van der Waals surface area contributed by atoms with Crippen molar-refractivity contribution in [2.45, 2.75) is 19.9 Å². The van der Waals surface area contributed by atoms with Crippen LogP contribution < -0.4 is 14.4 Å². The van der Waals surface area contributed by atoms with Crippen molar-refractivity contribution in [1.29, 1.82) is 0 Å². The van der Waals surface area contributed by atoms with Crippen molar-refractivity contribution in [2.24, 2.45) is 0 Å². The molecule has 0 unspecified atom stereocenters. The number of carbonyl (C=O) groups excluding carboxylic acids is 1. The minimum absolute atomic E-state index is 0.265. The SMILES string of the molecule is Cc1ccc(N([C@H](C)C(=O)NCCOc2ccc3ccccc3c2)S(C)(=O)=O)cc1. The van der Waals surface area contributed by atoms with Crippen LogP contribution in [0.3, 0.4) is 0 Å². The van der Waals surface area contributed by atoms with E-state index < -0.39 is 16.1 Å². The van der Waals surface area contributed by atoms with E-state index in [2.05, 4.69) is 5.32 Å². The van der Waals surface area contributed by atoms with E-state index in [1.807, 2.05) is 61.5 Å². The first kappa shape index (κ1) is 21.6. The summed E-state index contributed by atoms with van der Waals surface area (Å²) in [5.41, 5.74) is 1.47. The first-order valence-electron chi connectivity index (χ1n) is 9.71. The number of nitrogens with zero attached hydrogens (tertiary/aromatic N) is 1. The Hall–Kier alpha value is -3.06. The second-order valence-corrected chi connectivity index (χ2v) is 9.08. The Labute approximate surface area is 177 Å². The molecule has 0 aliphatic carbocycles. The summed E-state index contributed by atoms with van der Waals surface area (Å²) in [5, 5.41) is 4.96. The van der Waals surface area contributed by atoms with Crippen LogP contribution in [-0.2, 0) is 14.8 Å². The summed E-state index contributed by atoms with van der Waals surface area (Å²) in [6.45, 7) is 4.03. The number of benzene rings is 3. The number of nitrogens with one attached hydrogen (secondary N) is 1.